The number of allylic oxidation sites excluding steroid dienone is 2. The fourth-order valence-electron chi connectivity index (χ4n) is 1.71. The molecule has 0 bridgehead atoms. The third kappa shape index (κ3) is 11.2. The summed E-state index contributed by atoms with van der Waals surface area (Å²) in [7, 11) is 0. The maximum absolute atomic E-state index is 10.5. The first kappa shape index (κ1) is 16.7. The van der Waals surface area contributed by atoms with Crippen LogP contribution in [-0.4, -0.2) is 11.7 Å². The normalized spacial score (nSPS) is 13.0. The lowest BCUT2D eigenvalue weighted by molar-refractivity contribution is 0.249. The summed E-state index contributed by atoms with van der Waals surface area (Å²) >= 11 is 0. The molecule has 1 atom stereocenters. The zero-order chi connectivity index (χ0) is 14.0. The van der Waals surface area contributed by atoms with E-state index < -0.39 is 6.03 Å². The van der Waals surface area contributed by atoms with Gasteiger partial charge in [0.05, 0.1) is 0 Å². The van der Waals surface area contributed by atoms with Gasteiger partial charge in [-0.3, -0.25) is 0 Å². The van der Waals surface area contributed by atoms with E-state index in [9.17, 15) is 4.79 Å². The Balaban J connectivity index is 3.67. The summed E-state index contributed by atoms with van der Waals surface area (Å²) in [5, 5.41) is 3.89. The molecule has 0 aromatic carbocycles. The molecule has 18 heavy (non-hydrogen) atoms. The van der Waals surface area contributed by atoms with E-state index in [0.29, 0.717) is 0 Å². The number of hydrazone groups is 1. The molecule has 0 aromatic heterocycles. The van der Waals surface area contributed by atoms with Gasteiger partial charge in [0.2, 0.25) is 0 Å². The molecular weight excluding hydrogens is 226 g/mol. The molecule has 0 heterocycles. The topological polar surface area (TPSA) is 67.5 Å². The smallest absolute Gasteiger partial charge is 0.332 e. The van der Waals surface area contributed by atoms with Crippen LogP contribution in [0.15, 0.2) is 16.8 Å². The molecule has 0 radical (unpaired) electrons. The number of urea groups is 1. The molecule has 3 N–H and O–H groups in total. The molecule has 0 aliphatic heterocycles. The van der Waals surface area contributed by atoms with Crippen LogP contribution in [0.2, 0.25) is 0 Å². The Bertz CT molecular complexity index is 304. The molecule has 0 saturated carbocycles. The number of hydrogen-bond donors (Lipinski definition) is 2. The van der Waals surface area contributed by atoms with Crippen molar-refractivity contribution in [1.29, 1.82) is 0 Å². The lowest BCUT2D eigenvalue weighted by atomic mass is 9.97. The first-order valence-electron chi connectivity index (χ1n) is 6.63. The van der Waals surface area contributed by atoms with Gasteiger partial charge < -0.3 is 5.73 Å². The Labute approximate surface area is 111 Å². The fourth-order valence-corrected chi connectivity index (χ4v) is 1.71. The first-order chi connectivity index (χ1) is 8.41. The van der Waals surface area contributed by atoms with E-state index >= 15 is 0 Å². The van der Waals surface area contributed by atoms with Crippen molar-refractivity contribution in [2.45, 2.75) is 59.8 Å². The molecule has 0 fully saturated rings. The monoisotopic (exact) mass is 253 g/mol. The number of carbonyl (C=O) groups excluding carboxylic acids is 1. The van der Waals surface area contributed by atoms with Crippen LogP contribution in [0.25, 0.3) is 0 Å². The highest BCUT2D eigenvalue weighted by Crippen LogP contribution is 2.15. The third-order valence-electron chi connectivity index (χ3n) is 2.80. The average molecular weight is 253 g/mol. The summed E-state index contributed by atoms with van der Waals surface area (Å²) in [6.45, 7) is 8.46. The molecule has 104 valence electrons. The summed E-state index contributed by atoms with van der Waals surface area (Å²) in [5.41, 5.74) is 9.50. The number of nitrogens with two attached hydrogens (primary N) is 1. The number of primary amides is 1. The van der Waals surface area contributed by atoms with Crippen LogP contribution in [0.5, 0.6) is 0 Å². The van der Waals surface area contributed by atoms with Gasteiger partial charge in [0.15, 0.2) is 0 Å². The zero-order valence-electron chi connectivity index (χ0n) is 12.1. The van der Waals surface area contributed by atoms with E-state index in [4.69, 9.17) is 5.73 Å². The SMILES string of the molecule is CC(C)=CCC[C@@H](C)CCC/C(C)=N/NC(N)=O. The number of carbonyl (C=O) groups is 1. The number of nitrogens with one attached hydrogen (secondary N) is 1. The molecule has 0 unspecified atom stereocenters. The molecule has 0 saturated heterocycles. The molecule has 0 aliphatic rings. The van der Waals surface area contributed by atoms with E-state index in [2.05, 4.69) is 37.4 Å². The molecule has 2 amide bonds. The Kier molecular flexibility index (Phi) is 8.97. The van der Waals surface area contributed by atoms with Gasteiger partial charge >= 0.3 is 6.03 Å². The highest BCUT2D eigenvalue weighted by molar-refractivity contribution is 5.83. The van der Waals surface area contributed by atoms with Crippen LogP contribution in [0.1, 0.15) is 59.8 Å². The number of rotatable bonds is 8. The Hall–Kier alpha value is -1.32. The van der Waals surface area contributed by atoms with E-state index in [1.54, 1.807) is 0 Å². The zero-order valence-corrected chi connectivity index (χ0v) is 12.1. The average Bonchev–Trinajstić information content (AvgIpc) is 2.25. The van der Waals surface area contributed by atoms with Crippen LogP contribution in [0.4, 0.5) is 4.79 Å². The number of nitrogens with zero attached hydrogens (tertiary/aromatic N) is 1. The molecule has 0 spiro atoms. The van der Waals surface area contributed by atoms with E-state index in [1.165, 1.54) is 24.8 Å². The lowest BCUT2D eigenvalue weighted by Gasteiger charge is -2.09. The third-order valence-corrected chi connectivity index (χ3v) is 2.80. The second-order valence-corrected chi connectivity index (χ2v) is 5.18. The van der Waals surface area contributed by atoms with Crippen LogP contribution < -0.4 is 11.2 Å². The van der Waals surface area contributed by atoms with E-state index in [0.717, 1.165) is 24.5 Å². The van der Waals surface area contributed by atoms with Crippen molar-refractivity contribution in [2.75, 3.05) is 0 Å². The number of amides is 2. The highest BCUT2D eigenvalue weighted by Gasteiger charge is 2.02. The van der Waals surface area contributed by atoms with Crippen LogP contribution >= 0.6 is 0 Å². The summed E-state index contributed by atoms with van der Waals surface area (Å²) in [4.78, 5) is 10.5. The van der Waals surface area contributed by atoms with Gasteiger partial charge in [-0.1, -0.05) is 25.0 Å². The maximum Gasteiger partial charge on any atom is 0.332 e. The van der Waals surface area contributed by atoms with Crippen molar-refractivity contribution >= 4 is 11.7 Å². The van der Waals surface area contributed by atoms with Crippen molar-refractivity contribution in [3.05, 3.63) is 11.6 Å². The van der Waals surface area contributed by atoms with Crippen molar-refractivity contribution in [1.82, 2.24) is 5.43 Å². The summed E-state index contributed by atoms with van der Waals surface area (Å²) < 4.78 is 0. The van der Waals surface area contributed by atoms with Crippen molar-refractivity contribution in [2.24, 2.45) is 16.8 Å². The molecule has 4 nitrogen and oxygen atoms in total. The molecule has 0 aliphatic carbocycles. The van der Waals surface area contributed by atoms with Crippen LogP contribution in [0, 0.1) is 5.92 Å². The first-order valence-corrected chi connectivity index (χ1v) is 6.63. The highest BCUT2D eigenvalue weighted by atomic mass is 16.2. The Morgan fingerprint density at radius 1 is 1.33 bits per heavy atom. The number of hydrogen-bond acceptors (Lipinski definition) is 2. The molecule has 4 heteroatoms. The predicted molar refractivity (Wildman–Crippen MR) is 77.5 cm³/mol. The second kappa shape index (κ2) is 9.68. The van der Waals surface area contributed by atoms with E-state index in [-0.39, 0.29) is 0 Å². The maximum atomic E-state index is 10.5. The molecule has 0 aromatic rings. The summed E-state index contributed by atoms with van der Waals surface area (Å²) in [5.74, 6) is 0.734. The van der Waals surface area contributed by atoms with Gasteiger partial charge in [-0.25, -0.2) is 10.2 Å². The van der Waals surface area contributed by atoms with Gasteiger partial charge in [-0.2, -0.15) is 5.10 Å². The van der Waals surface area contributed by atoms with Gasteiger partial charge in [-0.15, -0.1) is 0 Å². The second-order valence-electron chi connectivity index (χ2n) is 5.18. The minimum absolute atomic E-state index is 0.607. The molecular formula is C14H27N3O. The van der Waals surface area contributed by atoms with Gasteiger partial charge in [0.1, 0.15) is 0 Å². The summed E-state index contributed by atoms with van der Waals surface area (Å²) in [6, 6.07) is -0.607. The predicted octanol–water partition coefficient (Wildman–Crippen LogP) is 3.58. The van der Waals surface area contributed by atoms with Gasteiger partial charge in [0, 0.05) is 5.71 Å². The largest absolute Gasteiger partial charge is 0.350 e. The van der Waals surface area contributed by atoms with Crippen molar-refractivity contribution in [3.63, 3.8) is 0 Å². The Morgan fingerprint density at radius 2 is 2.00 bits per heavy atom. The van der Waals surface area contributed by atoms with Gasteiger partial charge in [-0.05, 0) is 52.4 Å². The minimum atomic E-state index is -0.607. The van der Waals surface area contributed by atoms with E-state index in [1.807, 2.05) is 6.92 Å². The van der Waals surface area contributed by atoms with Crippen molar-refractivity contribution in [3.8, 4) is 0 Å². The lowest BCUT2D eigenvalue weighted by Crippen LogP contribution is -2.25. The quantitative estimate of drug-likeness (QED) is 0.387. The van der Waals surface area contributed by atoms with Gasteiger partial charge in [0.25, 0.3) is 0 Å². The fraction of sp³-hybridized carbons (Fsp3) is 0.714. The standard InChI is InChI=1S/C14H27N3O/c1-11(2)7-5-8-12(3)9-6-10-13(4)16-17-14(15)18/h7,12H,5-6,8-10H2,1-4H3,(H3,15,17,18)/b16-13+/t12-/m1/s1. The van der Waals surface area contributed by atoms with Crippen LogP contribution in [-0.2, 0) is 0 Å². The van der Waals surface area contributed by atoms with Crippen molar-refractivity contribution < 1.29 is 4.79 Å². The van der Waals surface area contributed by atoms with Crippen LogP contribution in [0.3, 0.4) is 0 Å². The molecule has 0 rings (SSSR count). The minimum Gasteiger partial charge on any atom is -0.350 e. The summed E-state index contributed by atoms with van der Waals surface area (Å²) in [6.07, 6.45) is 7.90. The Morgan fingerprint density at radius 3 is 2.56 bits per heavy atom.